The molecule has 0 aliphatic carbocycles. The number of hydrogen-bond donors (Lipinski definition) is 2. The lowest BCUT2D eigenvalue weighted by atomic mass is 10.0. The van der Waals surface area contributed by atoms with Gasteiger partial charge in [-0.2, -0.15) is 0 Å². The first kappa shape index (κ1) is 17.2. The molecule has 0 unspecified atom stereocenters. The molecule has 0 aromatic heterocycles. The summed E-state index contributed by atoms with van der Waals surface area (Å²) in [6.45, 7) is 2.53. The highest BCUT2D eigenvalue weighted by molar-refractivity contribution is 6.08. The van der Waals surface area contributed by atoms with Crippen LogP contribution in [-0.4, -0.2) is 38.0 Å². The van der Waals surface area contributed by atoms with Crippen LogP contribution in [0.4, 0.5) is 11.4 Å². The molecule has 8 nitrogen and oxygen atoms in total. The fourth-order valence-electron chi connectivity index (χ4n) is 1.74. The van der Waals surface area contributed by atoms with Crippen LogP contribution >= 0.6 is 0 Å². The summed E-state index contributed by atoms with van der Waals surface area (Å²) in [6.07, 6.45) is 0. The van der Waals surface area contributed by atoms with E-state index in [2.05, 4.69) is 20.1 Å². The Balaban J connectivity index is 3.54. The average molecular weight is 308 g/mol. The molecule has 1 aromatic carbocycles. The predicted octanol–water partition coefficient (Wildman–Crippen LogP) is 1.18. The van der Waals surface area contributed by atoms with Crippen LogP contribution in [0.1, 0.15) is 34.6 Å². The quantitative estimate of drug-likeness (QED) is 0.808. The zero-order valence-electron chi connectivity index (χ0n) is 12.6. The summed E-state index contributed by atoms with van der Waals surface area (Å²) in [6, 6.07) is 2.48. The van der Waals surface area contributed by atoms with Gasteiger partial charge in [0.05, 0.1) is 36.7 Å². The Labute approximate surface area is 126 Å². The molecular formula is C14H16N2O6. The number of ether oxygens (including phenoxy) is 2. The maximum atomic E-state index is 11.8. The van der Waals surface area contributed by atoms with Gasteiger partial charge in [-0.15, -0.1) is 0 Å². The van der Waals surface area contributed by atoms with Gasteiger partial charge in [0.15, 0.2) is 0 Å². The number of anilines is 2. The second-order valence-electron chi connectivity index (χ2n) is 4.29. The molecule has 0 fully saturated rings. The van der Waals surface area contributed by atoms with Crippen molar-refractivity contribution in [3.63, 3.8) is 0 Å². The Morgan fingerprint density at radius 2 is 1.09 bits per heavy atom. The van der Waals surface area contributed by atoms with Gasteiger partial charge in [-0.3, -0.25) is 9.59 Å². The number of rotatable bonds is 4. The van der Waals surface area contributed by atoms with Crippen molar-refractivity contribution < 1.29 is 28.7 Å². The van der Waals surface area contributed by atoms with Crippen molar-refractivity contribution in [2.75, 3.05) is 24.9 Å². The minimum Gasteiger partial charge on any atom is -0.465 e. The molecule has 2 amide bonds. The fraction of sp³-hybridized carbons (Fsp3) is 0.286. The molecule has 0 atom stereocenters. The van der Waals surface area contributed by atoms with Crippen LogP contribution in [0.3, 0.4) is 0 Å². The smallest absolute Gasteiger partial charge is 0.338 e. The molecule has 0 heterocycles. The first-order valence-electron chi connectivity index (χ1n) is 6.20. The second-order valence-corrected chi connectivity index (χ2v) is 4.29. The number of nitrogens with one attached hydrogen (secondary N) is 2. The highest BCUT2D eigenvalue weighted by Crippen LogP contribution is 2.28. The number of methoxy groups -OCH3 is 2. The van der Waals surface area contributed by atoms with Crippen LogP contribution in [0.5, 0.6) is 0 Å². The Morgan fingerprint density at radius 1 is 0.773 bits per heavy atom. The van der Waals surface area contributed by atoms with Gasteiger partial charge in [0.25, 0.3) is 0 Å². The lowest BCUT2D eigenvalue weighted by Gasteiger charge is -2.15. The first-order chi connectivity index (χ1) is 10.3. The van der Waals surface area contributed by atoms with Crippen molar-refractivity contribution in [2.24, 2.45) is 0 Å². The molecule has 8 heteroatoms. The van der Waals surface area contributed by atoms with E-state index in [1.54, 1.807) is 0 Å². The van der Waals surface area contributed by atoms with E-state index in [0.717, 1.165) is 14.2 Å². The fourth-order valence-corrected chi connectivity index (χ4v) is 1.74. The summed E-state index contributed by atoms with van der Waals surface area (Å²) in [5.41, 5.74) is 0.144. The molecule has 0 spiro atoms. The van der Waals surface area contributed by atoms with Crippen LogP contribution < -0.4 is 10.6 Å². The molecule has 22 heavy (non-hydrogen) atoms. The number of hydrogen-bond acceptors (Lipinski definition) is 6. The second kappa shape index (κ2) is 7.21. The minimum atomic E-state index is -0.777. The number of esters is 2. The van der Waals surface area contributed by atoms with Crippen molar-refractivity contribution in [2.45, 2.75) is 13.8 Å². The van der Waals surface area contributed by atoms with E-state index in [9.17, 15) is 19.2 Å². The number of benzene rings is 1. The summed E-state index contributed by atoms with van der Waals surface area (Å²) >= 11 is 0. The zero-order chi connectivity index (χ0) is 16.9. The van der Waals surface area contributed by atoms with E-state index in [-0.39, 0.29) is 22.5 Å². The molecule has 1 rings (SSSR count). The summed E-state index contributed by atoms with van der Waals surface area (Å²) in [7, 11) is 2.31. The van der Waals surface area contributed by atoms with E-state index in [4.69, 9.17) is 0 Å². The first-order valence-corrected chi connectivity index (χ1v) is 6.20. The zero-order valence-corrected chi connectivity index (χ0v) is 12.6. The van der Waals surface area contributed by atoms with Crippen LogP contribution in [0.15, 0.2) is 12.1 Å². The van der Waals surface area contributed by atoms with Crippen molar-refractivity contribution in [1.82, 2.24) is 0 Å². The lowest BCUT2D eigenvalue weighted by Crippen LogP contribution is -2.17. The highest BCUT2D eigenvalue weighted by atomic mass is 16.5. The van der Waals surface area contributed by atoms with Crippen molar-refractivity contribution >= 4 is 35.1 Å². The third-order valence-corrected chi connectivity index (χ3v) is 2.59. The summed E-state index contributed by atoms with van der Waals surface area (Å²) in [4.78, 5) is 46.1. The van der Waals surface area contributed by atoms with Crippen LogP contribution in [0.2, 0.25) is 0 Å². The van der Waals surface area contributed by atoms with Crippen LogP contribution in [0.25, 0.3) is 0 Å². The van der Waals surface area contributed by atoms with E-state index in [1.165, 1.54) is 26.0 Å². The maximum absolute atomic E-state index is 11.8. The molecule has 118 valence electrons. The Morgan fingerprint density at radius 3 is 1.32 bits per heavy atom. The van der Waals surface area contributed by atoms with Gasteiger partial charge in [-0.1, -0.05) is 0 Å². The normalized spacial score (nSPS) is 9.64. The highest BCUT2D eigenvalue weighted by Gasteiger charge is 2.22. The number of carbonyl (C=O) groups is 4. The summed E-state index contributed by atoms with van der Waals surface area (Å²) in [5, 5.41) is 4.94. The third-order valence-electron chi connectivity index (χ3n) is 2.59. The van der Waals surface area contributed by atoms with E-state index in [0.29, 0.717) is 0 Å². The van der Waals surface area contributed by atoms with Crippen LogP contribution in [-0.2, 0) is 19.1 Å². The molecule has 0 radical (unpaired) electrons. The van der Waals surface area contributed by atoms with Gasteiger partial charge in [0, 0.05) is 13.8 Å². The van der Waals surface area contributed by atoms with Gasteiger partial charge >= 0.3 is 11.9 Å². The van der Waals surface area contributed by atoms with Crippen LogP contribution in [0, 0.1) is 0 Å². The molecule has 0 aliphatic rings. The largest absolute Gasteiger partial charge is 0.465 e. The maximum Gasteiger partial charge on any atom is 0.338 e. The van der Waals surface area contributed by atoms with E-state index < -0.39 is 23.8 Å². The molecule has 0 bridgehead atoms. The topological polar surface area (TPSA) is 111 Å². The van der Waals surface area contributed by atoms with Crippen molar-refractivity contribution in [3.05, 3.63) is 23.3 Å². The molecule has 1 aromatic rings. The van der Waals surface area contributed by atoms with Gasteiger partial charge in [0.2, 0.25) is 11.8 Å². The lowest BCUT2D eigenvalue weighted by molar-refractivity contribution is -0.115. The average Bonchev–Trinajstić information content (AvgIpc) is 2.45. The molecule has 0 saturated carbocycles. The molecule has 0 saturated heterocycles. The third kappa shape index (κ3) is 4.05. The summed E-state index contributed by atoms with van der Waals surface area (Å²) < 4.78 is 9.21. The predicted molar refractivity (Wildman–Crippen MR) is 77.7 cm³/mol. The molecular weight excluding hydrogens is 292 g/mol. The minimum absolute atomic E-state index is 0.0906. The molecule has 2 N–H and O–H groups in total. The Bertz CT molecular complexity index is 583. The van der Waals surface area contributed by atoms with Gasteiger partial charge in [-0.25, -0.2) is 9.59 Å². The Hall–Kier alpha value is -2.90. The molecule has 0 aliphatic heterocycles. The monoisotopic (exact) mass is 308 g/mol. The van der Waals surface area contributed by atoms with Gasteiger partial charge in [0.1, 0.15) is 0 Å². The van der Waals surface area contributed by atoms with Gasteiger partial charge < -0.3 is 20.1 Å². The van der Waals surface area contributed by atoms with Crippen molar-refractivity contribution in [3.8, 4) is 0 Å². The number of carbonyl (C=O) groups excluding carboxylic acids is 4. The number of amides is 2. The summed E-state index contributed by atoms with van der Waals surface area (Å²) in [5.74, 6) is -2.37. The Kier molecular flexibility index (Phi) is 5.62. The van der Waals surface area contributed by atoms with E-state index in [1.807, 2.05) is 0 Å². The SMILES string of the molecule is COC(=O)c1cc(NC(C)=O)c(NC(C)=O)cc1C(=O)OC. The van der Waals surface area contributed by atoms with Crippen molar-refractivity contribution in [1.29, 1.82) is 0 Å². The van der Waals surface area contributed by atoms with Gasteiger partial charge in [-0.05, 0) is 12.1 Å². The standard InChI is InChI=1S/C14H16N2O6/c1-7(17)15-11-5-9(13(19)21-3)10(14(20)22-4)6-12(11)16-8(2)18/h5-6H,1-4H3,(H,15,17)(H,16,18). The van der Waals surface area contributed by atoms with E-state index >= 15 is 0 Å².